The first-order valence-electron chi connectivity index (χ1n) is 10.6. The Morgan fingerprint density at radius 2 is 1.91 bits per heavy atom. The number of nitrogens with zero attached hydrogens (tertiary/aromatic N) is 5. The van der Waals surface area contributed by atoms with Gasteiger partial charge in [-0.25, -0.2) is 9.97 Å². The normalized spacial score (nSPS) is 13.8. The van der Waals surface area contributed by atoms with Gasteiger partial charge in [0.25, 0.3) is 5.69 Å². The lowest BCUT2D eigenvalue weighted by atomic mass is 10.1. The number of hydrogen-bond donors (Lipinski definition) is 2. The molecule has 1 aliphatic heterocycles. The van der Waals surface area contributed by atoms with E-state index in [0.717, 1.165) is 18.2 Å². The molecule has 166 valence electrons. The van der Waals surface area contributed by atoms with Crippen molar-refractivity contribution in [1.82, 2.24) is 20.2 Å². The Morgan fingerprint density at radius 3 is 2.59 bits per heavy atom. The Hall–Kier alpha value is -3.53. The second-order valence-corrected chi connectivity index (χ2v) is 7.88. The molecule has 0 amide bonds. The van der Waals surface area contributed by atoms with E-state index in [4.69, 9.17) is 12.2 Å². The lowest BCUT2D eigenvalue weighted by Crippen LogP contribution is -2.51. The van der Waals surface area contributed by atoms with Crippen LogP contribution in [0.15, 0.2) is 48.8 Å². The van der Waals surface area contributed by atoms with Gasteiger partial charge in [-0.05, 0) is 30.8 Å². The minimum Gasteiger partial charge on any atom is -0.380 e. The molecule has 4 rings (SSSR count). The topological polar surface area (TPSA) is 99.5 Å². The summed E-state index contributed by atoms with van der Waals surface area (Å²) >= 11 is 5.58. The molecule has 2 aromatic carbocycles. The molecule has 1 fully saturated rings. The Kier molecular flexibility index (Phi) is 6.60. The van der Waals surface area contributed by atoms with Gasteiger partial charge >= 0.3 is 0 Å². The van der Waals surface area contributed by atoms with Crippen LogP contribution in [0.4, 0.5) is 17.2 Å². The predicted octanol–water partition coefficient (Wildman–Crippen LogP) is 3.17. The van der Waals surface area contributed by atoms with E-state index in [1.807, 2.05) is 25.1 Å². The first-order valence-corrected chi connectivity index (χ1v) is 11.0. The van der Waals surface area contributed by atoms with Crippen molar-refractivity contribution in [1.29, 1.82) is 0 Å². The Balaban J connectivity index is 1.47. The van der Waals surface area contributed by atoms with Crippen LogP contribution < -0.4 is 15.5 Å². The molecule has 10 heteroatoms. The zero-order valence-electron chi connectivity index (χ0n) is 17.8. The molecule has 3 aromatic rings. The molecule has 1 saturated heterocycles. The van der Waals surface area contributed by atoms with Gasteiger partial charge < -0.3 is 20.4 Å². The zero-order valence-corrected chi connectivity index (χ0v) is 18.6. The van der Waals surface area contributed by atoms with Gasteiger partial charge in [-0.3, -0.25) is 10.1 Å². The van der Waals surface area contributed by atoms with E-state index >= 15 is 0 Å². The van der Waals surface area contributed by atoms with Crippen LogP contribution in [0.25, 0.3) is 10.9 Å². The van der Waals surface area contributed by atoms with E-state index in [-0.39, 0.29) is 10.6 Å². The fraction of sp³-hybridized carbons (Fsp3) is 0.318. The molecule has 0 unspecified atom stereocenters. The van der Waals surface area contributed by atoms with Crippen molar-refractivity contribution < 1.29 is 4.92 Å². The van der Waals surface area contributed by atoms with E-state index in [1.54, 1.807) is 12.1 Å². The van der Waals surface area contributed by atoms with Crippen LogP contribution >= 0.6 is 12.2 Å². The molecule has 0 atom stereocenters. The predicted molar refractivity (Wildman–Crippen MR) is 130 cm³/mol. The molecule has 1 aliphatic rings. The van der Waals surface area contributed by atoms with Crippen LogP contribution in [-0.4, -0.2) is 57.6 Å². The van der Waals surface area contributed by atoms with Crippen LogP contribution in [0.2, 0.25) is 0 Å². The minimum absolute atomic E-state index is 0.0281. The Labute approximate surface area is 191 Å². The third-order valence-electron chi connectivity index (χ3n) is 5.45. The molecule has 0 bridgehead atoms. The first-order chi connectivity index (χ1) is 15.6. The number of nitrogens with one attached hydrogen (secondary N) is 2. The summed E-state index contributed by atoms with van der Waals surface area (Å²) in [6, 6.07) is 13.4. The number of benzene rings is 2. The van der Waals surface area contributed by atoms with E-state index < -0.39 is 0 Å². The Morgan fingerprint density at radius 1 is 1.16 bits per heavy atom. The van der Waals surface area contributed by atoms with E-state index in [1.165, 1.54) is 11.9 Å². The van der Waals surface area contributed by atoms with Gasteiger partial charge in [0.15, 0.2) is 5.11 Å². The highest BCUT2D eigenvalue weighted by Crippen LogP contribution is 2.33. The highest BCUT2D eigenvalue weighted by Gasteiger charge is 2.23. The summed E-state index contributed by atoms with van der Waals surface area (Å²) in [5.74, 6) is 0.712. The van der Waals surface area contributed by atoms with Crippen molar-refractivity contribution in [3.05, 3.63) is 64.5 Å². The van der Waals surface area contributed by atoms with Gasteiger partial charge in [-0.2, -0.15) is 0 Å². The van der Waals surface area contributed by atoms with Crippen LogP contribution in [0, 0.1) is 10.1 Å². The van der Waals surface area contributed by atoms with Crippen molar-refractivity contribution in [2.45, 2.75) is 13.5 Å². The largest absolute Gasteiger partial charge is 0.380 e. The van der Waals surface area contributed by atoms with E-state index in [0.29, 0.717) is 48.6 Å². The maximum Gasteiger partial charge on any atom is 0.293 e. The molecule has 0 radical (unpaired) electrons. The second-order valence-electron chi connectivity index (χ2n) is 7.49. The van der Waals surface area contributed by atoms with Crippen molar-refractivity contribution in [3.63, 3.8) is 0 Å². The van der Waals surface area contributed by atoms with Gasteiger partial charge in [0.05, 0.1) is 10.4 Å². The van der Waals surface area contributed by atoms with Crippen LogP contribution in [0.1, 0.15) is 12.5 Å². The summed E-state index contributed by atoms with van der Waals surface area (Å²) in [5.41, 5.74) is 2.35. The highest BCUT2D eigenvalue weighted by molar-refractivity contribution is 7.80. The number of nitro groups is 1. The average molecular weight is 452 g/mol. The van der Waals surface area contributed by atoms with Crippen molar-refractivity contribution in [2.75, 3.05) is 42.9 Å². The summed E-state index contributed by atoms with van der Waals surface area (Å²) in [6.45, 7) is 6.08. The summed E-state index contributed by atoms with van der Waals surface area (Å²) in [5, 5.41) is 19.4. The van der Waals surface area contributed by atoms with Gasteiger partial charge in [-0.15, -0.1) is 0 Å². The zero-order chi connectivity index (χ0) is 22.5. The van der Waals surface area contributed by atoms with Gasteiger partial charge in [0, 0.05) is 50.7 Å². The lowest BCUT2D eigenvalue weighted by Gasteiger charge is -2.37. The number of nitro benzene ring substituents is 1. The molecule has 2 heterocycles. The van der Waals surface area contributed by atoms with E-state index in [2.05, 4.69) is 42.5 Å². The molecule has 0 saturated carbocycles. The highest BCUT2D eigenvalue weighted by atomic mass is 32.1. The number of anilines is 2. The molecule has 0 aliphatic carbocycles. The van der Waals surface area contributed by atoms with Crippen LogP contribution in [0.3, 0.4) is 0 Å². The number of rotatable bonds is 6. The molecular formula is C22H25N7O2S. The fourth-order valence-electron chi connectivity index (χ4n) is 3.82. The number of fused-ring (bicyclic) bond motifs is 1. The monoisotopic (exact) mass is 451 g/mol. The third kappa shape index (κ3) is 4.70. The summed E-state index contributed by atoms with van der Waals surface area (Å²) in [4.78, 5) is 24.3. The molecule has 32 heavy (non-hydrogen) atoms. The van der Waals surface area contributed by atoms with Gasteiger partial charge in [0.2, 0.25) is 0 Å². The van der Waals surface area contributed by atoms with Gasteiger partial charge in [-0.1, -0.05) is 30.3 Å². The number of piperazine rings is 1. The standard InChI is InChI=1S/C22H25N7O2S/c1-2-23-19-13-18-17(12-20(19)29(30)31)21(26-15-25-18)27-8-10-28(11-9-27)22(32)24-14-16-6-4-3-5-7-16/h3-7,12-13,15,23H,2,8-11,14H2,1H3,(H,24,32). The maximum absolute atomic E-state index is 11.6. The quantitative estimate of drug-likeness (QED) is 0.332. The van der Waals surface area contributed by atoms with Crippen LogP contribution in [-0.2, 0) is 6.54 Å². The summed E-state index contributed by atoms with van der Waals surface area (Å²) in [6.07, 6.45) is 1.51. The third-order valence-corrected chi connectivity index (χ3v) is 5.85. The molecule has 0 spiro atoms. The van der Waals surface area contributed by atoms with Crippen molar-refractivity contribution in [3.8, 4) is 0 Å². The second kappa shape index (κ2) is 9.73. The maximum atomic E-state index is 11.6. The minimum atomic E-state index is -0.372. The average Bonchev–Trinajstić information content (AvgIpc) is 2.82. The summed E-state index contributed by atoms with van der Waals surface area (Å²) in [7, 11) is 0. The molecule has 2 N–H and O–H groups in total. The molecule has 1 aromatic heterocycles. The summed E-state index contributed by atoms with van der Waals surface area (Å²) < 4.78 is 0. The van der Waals surface area contributed by atoms with Crippen molar-refractivity contribution >= 4 is 45.4 Å². The fourth-order valence-corrected chi connectivity index (χ4v) is 4.07. The van der Waals surface area contributed by atoms with E-state index in [9.17, 15) is 10.1 Å². The number of thiocarbonyl (C=S) groups is 1. The SMILES string of the molecule is CCNc1cc2ncnc(N3CCN(C(=S)NCc4ccccc4)CC3)c2cc1[N+](=O)[O-]. The van der Waals surface area contributed by atoms with Gasteiger partial charge in [0.1, 0.15) is 17.8 Å². The Bertz CT molecular complexity index is 1120. The first kappa shape index (κ1) is 21.7. The van der Waals surface area contributed by atoms with Crippen LogP contribution in [0.5, 0.6) is 0 Å². The number of aromatic nitrogens is 2. The molecule has 9 nitrogen and oxygen atoms in total. The number of hydrogen-bond acceptors (Lipinski definition) is 7. The smallest absolute Gasteiger partial charge is 0.293 e. The molecular weight excluding hydrogens is 426 g/mol. The van der Waals surface area contributed by atoms with Crippen molar-refractivity contribution in [2.24, 2.45) is 0 Å². The lowest BCUT2D eigenvalue weighted by molar-refractivity contribution is -0.383.